The minimum atomic E-state index is 0.232. The summed E-state index contributed by atoms with van der Waals surface area (Å²) in [5.74, 6) is 0.612. The van der Waals surface area contributed by atoms with Crippen molar-refractivity contribution >= 4 is 0 Å². The molecule has 0 amide bonds. The van der Waals surface area contributed by atoms with Crippen LogP contribution in [0.25, 0.3) is 11.3 Å². The zero-order chi connectivity index (χ0) is 12.9. The highest BCUT2D eigenvalue weighted by atomic mass is 16.5. The quantitative estimate of drug-likeness (QED) is 0.886. The van der Waals surface area contributed by atoms with Crippen LogP contribution >= 0.6 is 0 Å². The fraction of sp³-hybridized carbons (Fsp3) is 0.385. The van der Waals surface area contributed by atoms with Crippen LogP contribution in [0.5, 0.6) is 5.88 Å². The average Bonchev–Trinajstić information content (AvgIpc) is 2.49. The molecule has 2 aromatic rings. The molecule has 1 aliphatic heterocycles. The van der Waals surface area contributed by atoms with E-state index in [0.717, 1.165) is 37.2 Å². The van der Waals surface area contributed by atoms with E-state index in [9.17, 15) is 0 Å². The molecule has 0 atom stereocenters. The third kappa shape index (κ3) is 3.03. The van der Waals surface area contributed by atoms with Crippen molar-refractivity contribution in [3.63, 3.8) is 0 Å². The van der Waals surface area contributed by atoms with Gasteiger partial charge in [0.15, 0.2) is 0 Å². The molecule has 6 nitrogen and oxygen atoms in total. The molecule has 3 rings (SSSR count). The molecular formula is C13H15N5O. The monoisotopic (exact) mass is 257 g/mol. The maximum Gasteiger partial charge on any atom is 0.217 e. The Bertz CT molecular complexity index is 528. The molecule has 0 saturated carbocycles. The molecule has 0 radical (unpaired) electrons. The van der Waals surface area contributed by atoms with Crippen molar-refractivity contribution in [2.24, 2.45) is 0 Å². The molecular weight excluding hydrogens is 242 g/mol. The van der Waals surface area contributed by atoms with Crippen LogP contribution in [0.4, 0.5) is 0 Å². The highest BCUT2D eigenvalue weighted by Crippen LogP contribution is 2.20. The third-order valence-electron chi connectivity index (χ3n) is 3.07. The molecule has 1 aliphatic rings. The van der Waals surface area contributed by atoms with Gasteiger partial charge in [0.2, 0.25) is 5.88 Å². The summed E-state index contributed by atoms with van der Waals surface area (Å²) in [6.07, 6.45) is 8.71. The zero-order valence-corrected chi connectivity index (χ0v) is 10.5. The maximum atomic E-state index is 5.89. The Hall–Kier alpha value is -2.08. The van der Waals surface area contributed by atoms with Gasteiger partial charge in [0, 0.05) is 24.0 Å². The van der Waals surface area contributed by atoms with E-state index in [4.69, 9.17) is 4.74 Å². The van der Waals surface area contributed by atoms with E-state index in [-0.39, 0.29) is 6.10 Å². The summed E-state index contributed by atoms with van der Waals surface area (Å²) >= 11 is 0. The van der Waals surface area contributed by atoms with Crippen molar-refractivity contribution in [2.45, 2.75) is 18.9 Å². The maximum absolute atomic E-state index is 5.89. The second-order valence-corrected chi connectivity index (χ2v) is 4.44. The summed E-state index contributed by atoms with van der Waals surface area (Å²) in [4.78, 5) is 16.4. The Morgan fingerprint density at radius 2 is 1.84 bits per heavy atom. The van der Waals surface area contributed by atoms with Gasteiger partial charge in [0.25, 0.3) is 0 Å². The van der Waals surface area contributed by atoms with Gasteiger partial charge in [-0.1, -0.05) is 0 Å². The number of nitrogens with one attached hydrogen (secondary N) is 1. The highest BCUT2D eigenvalue weighted by molar-refractivity contribution is 5.56. The van der Waals surface area contributed by atoms with E-state index in [1.807, 2.05) is 6.07 Å². The van der Waals surface area contributed by atoms with Crippen LogP contribution in [-0.4, -0.2) is 39.1 Å². The van der Waals surface area contributed by atoms with Crippen LogP contribution < -0.4 is 10.1 Å². The first kappa shape index (κ1) is 12.0. The average molecular weight is 257 g/mol. The second kappa shape index (κ2) is 5.71. The largest absolute Gasteiger partial charge is 0.474 e. The van der Waals surface area contributed by atoms with Crippen LogP contribution in [0, 0.1) is 0 Å². The first-order chi connectivity index (χ1) is 9.42. The van der Waals surface area contributed by atoms with Gasteiger partial charge in [-0.05, 0) is 25.9 Å². The summed E-state index contributed by atoms with van der Waals surface area (Å²) in [6, 6.07) is 1.83. The van der Waals surface area contributed by atoms with Gasteiger partial charge in [-0.3, -0.25) is 0 Å². The third-order valence-corrected chi connectivity index (χ3v) is 3.07. The normalized spacial score (nSPS) is 16.2. The summed E-state index contributed by atoms with van der Waals surface area (Å²) in [5, 5.41) is 3.31. The molecule has 98 valence electrons. The molecule has 0 spiro atoms. The predicted octanol–water partition coefficient (Wildman–Crippen LogP) is 1.06. The summed E-state index contributed by atoms with van der Waals surface area (Å²) in [6.45, 7) is 1.99. The van der Waals surface area contributed by atoms with Gasteiger partial charge < -0.3 is 10.1 Å². The highest BCUT2D eigenvalue weighted by Gasteiger charge is 2.15. The predicted molar refractivity (Wildman–Crippen MR) is 69.6 cm³/mol. The van der Waals surface area contributed by atoms with Gasteiger partial charge in [0.1, 0.15) is 18.8 Å². The molecule has 19 heavy (non-hydrogen) atoms. The van der Waals surface area contributed by atoms with Crippen LogP contribution in [0.1, 0.15) is 12.8 Å². The molecule has 0 unspecified atom stereocenters. The lowest BCUT2D eigenvalue weighted by Gasteiger charge is -2.23. The van der Waals surface area contributed by atoms with Crippen LogP contribution in [0.2, 0.25) is 0 Å². The number of hydrogen-bond donors (Lipinski definition) is 1. The Morgan fingerprint density at radius 3 is 2.63 bits per heavy atom. The molecule has 6 heteroatoms. The van der Waals surface area contributed by atoms with Crippen LogP contribution in [0.15, 0.2) is 31.1 Å². The van der Waals surface area contributed by atoms with Crippen molar-refractivity contribution in [1.82, 2.24) is 25.3 Å². The molecule has 3 heterocycles. The van der Waals surface area contributed by atoms with E-state index in [2.05, 4.69) is 25.3 Å². The topological polar surface area (TPSA) is 72.8 Å². The first-order valence-electron chi connectivity index (χ1n) is 6.36. The Morgan fingerprint density at radius 1 is 1.05 bits per heavy atom. The van der Waals surface area contributed by atoms with Gasteiger partial charge in [-0.2, -0.15) is 0 Å². The minimum absolute atomic E-state index is 0.232. The summed E-state index contributed by atoms with van der Waals surface area (Å²) in [5.41, 5.74) is 1.64. The number of nitrogens with zero attached hydrogens (tertiary/aromatic N) is 4. The second-order valence-electron chi connectivity index (χ2n) is 4.44. The van der Waals surface area contributed by atoms with E-state index < -0.39 is 0 Å². The van der Waals surface area contributed by atoms with Crippen molar-refractivity contribution in [2.75, 3.05) is 13.1 Å². The molecule has 0 aliphatic carbocycles. The number of rotatable bonds is 3. The Kier molecular flexibility index (Phi) is 3.60. The molecule has 2 aromatic heterocycles. The SMILES string of the molecule is c1ncc(-c2cc(OC3CCNCC3)ncn2)cn1. The zero-order valence-electron chi connectivity index (χ0n) is 10.5. The first-order valence-corrected chi connectivity index (χ1v) is 6.36. The van der Waals surface area contributed by atoms with E-state index in [1.165, 1.54) is 12.7 Å². The number of hydrogen-bond acceptors (Lipinski definition) is 6. The van der Waals surface area contributed by atoms with Gasteiger partial charge >= 0.3 is 0 Å². The fourth-order valence-electron chi connectivity index (χ4n) is 2.08. The lowest BCUT2D eigenvalue weighted by atomic mass is 10.1. The van der Waals surface area contributed by atoms with Gasteiger partial charge in [0.05, 0.1) is 5.69 Å². The van der Waals surface area contributed by atoms with Crippen molar-refractivity contribution in [3.05, 3.63) is 31.1 Å². The van der Waals surface area contributed by atoms with Crippen molar-refractivity contribution < 1.29 is 4.74 Å². The molecule has 1 N–H and O–H groups in total. The Balaban J connectivity index is 1.76. The summed E-state index contributed by atoms with van der Waals surface area (Å²) in [7, 11) is 0. The number of piperidine rings is 1. The number of ether oxygens (including phenoxy) is 1. The van der Waals surface area contributed by atoms with Gasteiger partial charge in [-0.25, -0.2) is 19.9 Å². The molecule has 1 saturated heterocycles. The van der Waals surface area contributed by atoms with Crippen LogP contribution in [-0.2, 0) is 0 Å². The smallest absolute Gasteiger partial charge is 0.217 e. The van der Waals surface area contributed by atoms with Gasteiger partial charge in [-0.15, -0.1) is 0 Å². The van der Waals surface area contributed by atoms with E-state index >= 15 is 0 Å². The Labute approximate surface area is 111 Å². The van der Waals surface area contributed by atoms with Crippen LogP contribution in [0.3, 0.4) is 0 Å². The van der Waals surface area contributed by atoms with E-state index in [0.29, 0.717) is 5.88 Å². The standard InChI is InChI=1S/C13H15N5O/c1-3-14-4-2-11(1)19-13-5-12(17-9-18-13)10-6-15-8-16-7-10/h5-9,11,14H,1-4H2. The van der Waals surface area contributed by atoms with E-state index in [1.54, 1.807) is 12.4 Å². The minimum Gasteiger partial charge on any atom is -0.474 e. The number of aromatic nitrogens is 4. The lowest BCUT2D eigenvalue weighted by Crippen LogP contribution is -2.34. The van der Waals surface area contributed by atoms with Crippen molar-refractivity contribution in [1.29, 1.82) is 0 Å². The molecule has 0 bridgehead atoms. The molecule has 0 aromatic carbocycles. The molecule has 1 fully saturated rings. The summed E-state index contributed by atoms with van der Waals surface area (Å²) < 4.78 is 5.89. The fourth-order valence-corrected chi connectivity index (χ4v) is 2.08. The van der Waals surface area contributed by atoms with Crippen molar-refractivity contribution in [3.8, 4) is 17.1 Å². The lowest BCUT2D eigenvalue weighted by molar-refractivity contribution is 0.156.